The van der Waals surface area contributed by atoms with Crippen LogP contribution in [0.2, 0.25) is 0 Å². The molecule has 0 fully saturated rings. The van der Waals surface area contributed by atoms with Crippen LogP contribution in [0.1, 0.15) is 22.8 Å². The molecule has 2 amide bonds. The predicted molar refractivity (Wildman–Crippen MR) is 94.1 cm³/mol. The summed E-state index contributed by atoms with van der Waals surface area (Å²) >= 11 is 0. The minimum absolute atomic E-state index is 0.175. The van der Waals surface area contributed by atoms with Gasteiger partial charge in [0.1, 0.15) is 12.4 Å². The monoisotopic (exact) mass is 358 g/mol. The molecule has 0 bridgehead atoms. The fourth-order valence-corrected chi connectivity index (χ4v) is 2.07. The van der Waals surface area contributed by atoms with E-state index in [1.807, 2.05) is 19.1 Å². The standard InChI is InChI=1S/C19H19FN2O4/c1-12-7-9-14(10-8-12)22-18(24)13(2)26-17(23)11-21-19(25)15-5-3-4-6-16(15)20/h3-10,13H,11H2,1-2H3,(H,21,25)(H,22,24)/t13-/m1/s1. The Bertz CT molecular complexity index is 805. The van der Waals surface area contributed by atoms with Crippen LogP contribution in [0.25, 0.3) is 0 Å². The number of ether oxygens (including phenoxy) is 1. The lowest BCUT2D eigenvalue weighted by Gasteiger charge is -2.14. The lowest BCUT2D eigenvalue weighted by Crippen LogP contribution is -2.36. The van der Waals surface area contributed by atoms with Gasteiger partial charge in [0.25, 0.3) is 11.8 Å². The molecule has 0 saturated heterocycles. The maximum atomic E-state index is 13.5. The molecule has 0 aromatic heterocycles. The number of esters is 1. The summed E-state index contributed by atoms with van der Waals surface area (Å²) in [5.41, 5.74) is 1.45. The van der Waals surface area contributed by atoms with Crippen LogP contribution in [0.15, 0.2) is 48.5 Å². The number of hydrogen-bond donors (Lipinski definition) is 2. The van der Waals surface area contributed by atoms with Gasteiger partial charge in [0.05, 0.1) is 5.56 Å². The summed E-state index contributed by atoms with van der Waals surface area (Å²) in [6.07, 6.45) is -1.05. The topological polar surface area (TPSA) is 84.5 Å². The van der Waals surface area contributed by atoms with E-state index in [4.69, 9.17) is 4.74 Å². The zero-order valence-corrected chi connectivity index (χ0v) is 14.4. The smallest absolute Gasteiger partial charge is 0.326 e. The van der Waals surface area contributed by atoms with E-state index in [0.29, 0.717) is 5.69 Å². The van der Waals surface area contributed by atoms with E-state index in [2.05, 4.69) is 10.6 Å². The summed E-state index contributed by atoms with van der Waals surface area (Å²) in [5.74, 6) is -2.73. The van der Waals surface area contributed by atoms with Crippen molar-refractivity contribution >= 4 is 23.5 Å². The van der Waals surface area contributed by atoms with Gasteiger partial charge in [-0.25, -0.2) is 4.39 Å². The minimum atomic E-state index is -1.05. The van der Waals surface area contributed by atoms with E-state index in [0.717, 1.165) is 11.6 Å². The number of carbonyl (C=O) groups is 3. The molecule has 136 valence electrons. The molecular weight excluding hydrogens is 339 g/mol. The molecule has 0 aliphatic carbocycles. The average Bonchev–Trinajstić information content (AvgIpc) is 2.62. The molecule has 26 heavy (non-hydrogen) atoms. The molecule has 2 aromatic rings. The Morgan fingerprint density at radius 3 is 2.38 bits per heavy atom. The summed E-state index contributed by atoms with van der Waals surface area (Å²) in [7, 11) is 0. The zero-order chi connectivity index (χ0) is 19.1. The van der Waals surface area contributed by atoms with Crippen molar-refractivity contribution in [1.29, 1.82) is 0 Å². The Hall–Kier alpha value is -3.22. The quantitative estimate of drug-likeness (QED) is 0.777. The predicted octanol–water partition coefficient (Wildman–Crippen LogP) is 2.43. The molecule has 2 N–H and O–H groups in total. The van der Waals surface area contributed by atoms with Gasteiger partial charge in [-0.3, -0.25) is 14.4 Å². The summed E-state index contributed by atoms with van der Waals surface area (Å²) in [5, 5.41) is 4.87. The number of aryl methyl sites for hydroxylation is 1. The summed E-state index contributed by atoms with van der Waals surface area (Å²) in [6.45, 7) is 2.86. The van der Waals surface area contributed by atoms with E-state index in [1.165, 1.54) is 25.1 Å². The molecule has 0 spiro atoms. The molecular formula is C19H19FN2O4. The second-order valence-electron chi connectivity index (χ2n) is 5.65. The van der Waals surface area contributed by atoms with Gasteiger partial charge in [0.2, 0.25) is 0 Å². The van der Waals surface area contributed by atoms with Crippen molar-refractivity contribution in [2.45, 2.75) is 20.0 Å². The Morgan fingerprint density at radius 1 is 1.08 bits per heavy atom. The normalized spacial score (nSPS) is 11.3. The number of hydrogen-bond acceptors (Lipinski definition) is 4. The Labute approximate surface area is 150 Å². The first-order valence-electron chi connectivity index (χ1n) is 7.96. The zero-order valence-electron chi connectivity index (χ0n) is 14.4. The molecule has 0 aliphatic heterocycles. The Balaban J connectivity index is 1.81. The van der Waals surface area contributed by atoms with E-state index in [1.54, 1.807) is 12.1 Å². The average molecular weight is 358 g/mol. The minimum Gasteiger partial charge on any atom is -0.451 e. The number of halogens is 1. The molecule has 6 nitrogen and oxygen atoms in total. The molecule has 0 saturated carbocycles. The number of rotatable bonds is 6. The van der Waals surface area contributed by atoms with Crippen molar-refractivity contribution < 1.29 is 23.5 Å². The molecule has 7 heteroatoms. The van der Waals surface area contributed by atoms with E-state index in [9.17, 15) is 18.8 Å². The first-order chi connectivity index (χ1) is 12.4. The molecule has 0 heterocycles. The third-order valence-corrected chi connectivity index (χ3v) is 3.51. The van der Waals surface area contributed by atoms with E-state index in [-0.39, 0.29) is 5.56 Å². The SMILES string of the molecule is Cc1ccc(NC(=O)[C@@H](C)OC(=O)CNC(=O)c2ccccc2F)cc1. The van der Waals surface area contributed by atoms with Gasteiger partial charge in [0, 0.05) is 5.69 Å². The first kappa shape index (κ1) is 19.1. The van der Waals surface area contributed by atoms with Gasteiger partial charge in [0.15, 0.2) is 6.10 Å². The van der Waals surface area contributed by atoms with Gasteiger partial charge in [-0.15, -0.1) is 0 Å². The van der Waals surface area contributed by atoms with Crippen molar-refractivity contribution in [2.24, 2.45) is 0 Å². The number of anilines is 1. The molecule has 0 aliphatic rings. The largest absolute Gasteiger partial charge is 0.451 e. The maximum absolute atomic E-state index is 13.5. The van der Waals surface area contributed by atoms with Crippen LogP contribution in [-0.4, -0.2) is 30.4 Å². The number of amides is 2. The van der Waals surface area contributed by atoms with E-state index < -0.39 is 36.2 Å². The van der Waals surface area contributed by atoms with Gasteiger partial charge in [-0.2, -0.15) is 0 Å². The van der Waals surface area contributed by atoms with Crippen molar-refractivity contribution in [3.05, 3.63) is 65.5 Å². The van der Waals surface area contributed by atoms with Gasteiger partial charge < -0.3 is 15.4 Å². The van der Waals surface area contributed by atoms with Crippen LogP contribution in [0.3, 0.4) is 0 Å². The van der Waals surface area contributed by atoms with Crippen LogP contribution in [0, 0.1) is 12.7 Å². The lowest BCUT2D eigenvalue weighted by atomic mass is 10.2. The summed E-state index contributed by atoms with van der Waals surface area (Å²) in [6, 6.07) is 12.5. The maximum Gasteiger partial charge on any atom is 0.326 e. The summed E-state index contributed by atoms with van der Waals surface area (Å²) in [4.78, 5) is 35.6. The van der Waals surface area contributed by atoms with Gasteiger partial charge in [-0.1, -0.05) is 29.8 Å². The molecule has 1 atom stereocenters. The van der Waals surface area contributed by atoms with Crippen molar-refractivity contribution in [2.75, 3.05) is 11.9 Å². The Morgan fingerprint density at radius 2 is 1.73 bits per heavy atom. The van der Waals surface area contributed by atoms with Crippen LogP contribution in [0.4, 0.5) is 10.1 Å². The number of nitrogens with one attached hydrogen (secondary N) is 2. The highest BCUT2D eigenvalue weighted by Gasteiger charge is 2.19. The van der Waals surface area contributed by atoms with Crippen LogP contribution in [-0.2, 0) is 14.3 Å². The van der Waals surface area contributed by atoms with Gasteiger partial charge >= 0.3 is 5.97 Å². The van der Waals surface area contributed by atoms with Crippen molar-refractivity contribution in [3.63, 3.8) is 0 Å². The van der Waals surface area contributed by atoms with Crippen molar-refractivity contribution in [3.8, 4) is 0 Å². The lowest BCUT2D eigenvalue weighted by molar-refractivity contribution is -0.152. The van der Waals surface area contributed by atoms with Gasteiger partial charge in [-0.05, 0) is 38.1 Å². The summed E-state index contributed by atoms with van der Waals surface area (Å²) < 4.78 is 18.4. The third kappa shape index (κ3) is 5.41. The van der Waals surface area contributed by atoms with Crippen LogP contribution >= 0.6 is 0 Å². The van der Waals surface area contributed by atoms with Crippen LogP contribution < -0.4 is 10.6 Å². The number of benzene rings is 2. The highest BCUT2D eigenvalue weighted by molar-refractivity contribution is 5.97. The molecule has 2 rings (SSSR count). The second-order valence-corrected chi connectivity index (χ2v) is 5.65. The highest BCUT2D eigenvalue weighted by Crippen LogP contribution is 2.10. The molecule has 2 aromatic carbocycles. The fraction of sp³-hybridized carbons (Fsp3) is 0.211. The fourth-order valence-electron chi connectivity index (χ4n) is 2.07. The number of carbonyl (C=O) groups excluding carboxylic acids is 3. The van der Waals surface area contributed by atoms with E-state index >= 15 is 0 Å². The Kier molecular flexibility index (Phi) is 6.43. The van der Waals surface area contributed by atoms with Crippen molar-refractivity contribution in [1.82, 2.24) is 5.32 Å². The molecule has 0 unspecified atom stereocenters. The second kappa shape index (κ2) is 8.75. The molecule has 0 radical (unpaired) electrons. The van der Waals surface area contributed by atoms with Crippen LogP contribution in [0.5, 0.6) is 0 Å². The highest BCUT2D eigenvalue weighted by atomic mass is 19.1. The first-order valence-corrected chi connectivity index (χ1v) is 7.96. The third-order valence-electron chi connectivity index (χ3n) is 3.51.